The summed E-state index contributed by atoms with van der Waals surface area (Å²) >= 11 is 0. The van der Waals surface area contributed by atoms with Gasteiger partial charge in [0.2, 0.25) is 11.8 Å². The Bertz CT molecular complexity index is 610. The first-order valence-corrected chi connectivity index (χ1v) is 8.83. The Hall–Kier alpha value is -2.02. The van der Waals surface area contributed by atoms with E-state index in [1.54, 1.807) is 4.90 Å². The highest BCUT2D eigenvalue weighted by Crippen LogP contribution is 2.26. The quantitative estimate of drug-likeness (QED) is 0.798. The number of aryl methyl sites for hydroxylation is 2. The molecule has 0 bridgehead atoms. The van der Waals surface area contributed by atoms with Gasteiger partial charge >= 0.3 is 0 Å². The van der Waals surface area contributed by atoms with Crippen molar-refractivity contribution in [2.24, 2.45) is 0 Å². The van der Waals surface area contributed by atoms with Crippen LogP contribution in [0, 0.1) is 13.8 Å². The van der Waals surface area contributed by atoms with Crippen LogP contribution in [0.1, 0.15) is 48.5 Å². The molecule has 0 aromatic carbocycles. The smallest absolute Gasteiger partial charge is 0.248 e. The van der Waals surface area contributed by atoms with Crippen molar-refractivity contribution in [3.05, 3.63) is 22.8 Å². The summed E-state index contributed by atoms with van der Waals surface area (Å²) in [5.41, 5.74) is 2.58. The summed E-state index contributed by atoms with van der Waals surface area (Å²) in [6.07, 6.45) is 2.07. The predicted octanol–water partition coefficient (Wildman–Crippen LogP) is 1.12. The molecule has 1 aliphatic heterocycles. The number of rotatable bonds is 7. The van der Waals surface area contributed by atoms with E-state index < -0.39 is 0 Å². The molecule has 1 aliphatic rings. The summed E-state index contributed by atoms with van der Waals surface area (Å²) < 4.78 is 4.92. The van der Waals surface area contributed by atoms with Gasteiger partial charge in [-0.15, -0.1) is 0 Å². The van der Waals surface area contributed by atoms with Crippen LogP contribution >= 0.6 is 0 Å². The molecular formula is C18H28N4O3. The van der Waals surface area contributed by atoms with E-state index in [9.17, 15) is 9.59 Å². The number of hydrogen-bond donors (Lipinski definition) is 1. The lowest BCUT2D eigenvalue weighted by Crippen LogP contribution is -2.31. The topological polar surface area (TPSA) is 84.4 Å². The number of nitrogens with one attached hydrogen (secondary N) is 1. The van der Waals surface area contributed by atoms with Crippen LogP contribution in [0.4, 0.5) is 0 Å². The lowest BCUT2D eigenvalue weighted by Gasteiger charge is -2.17. The lowest BCUT2D eigenvalue weighted by molar-refractivity contribution is -0.134. The van der Waals surface area contributed by atoms with Crippen molar-refractivity contribution in [1.82, 2.24) is 20.2 Å². The largest absolute Gasteiger partial charge is 0.375 e. The highest BCUT2D eigenvalue weighted by Gasteiger charge is 2.29. The van der Waals surface area contributed by atoms with Crippen LogP contribution < -0.4 is 5.32 Å². The molecule has 1 N–H and O–H groups in total. The number of ether oxygens (including phenoxy) is 1. The number of nitrogens with zero attached hydrogens (tertiary/aromatic N) is 3. The van der Waals surface area contributed by atoms with E-state index in [0.29, 0.717) is 26.1 Å². The van der Waals surface area contributed by atoms with Crippen molar-refractivity contribution in [2.45, 2.75) is 46.0 Å². The van der Waals surface area contributed by atoms with Gasteiger partial charge in [0.25, 0.3) is 0 Å². The number of carbonyl (C=O) groups is 2. The third kappa shape index (κ3) is 4.98. The molecule has 1 fully saturated rings. The van der Waals surface area contributed by atoms with Gasteiger partial charge in [-0.05, 0) is 26.7 Å². The standard InChI is InChI=1S/C18H28N4O3/c1-5-7-19-16(23)9-15-12(2)20-18(21-13(15)3)14-6-8-22(10-14)17(24)11-25-4/h14H,5-11H2,1-4H3,(H,19,23)/t14-/m0/s1. The zero-order valence-corrected chi connectivity index (χ0v) is 15.6. The Kier molecular flexibility index (Phi) is 6.87. The molecule has 0 spiro atoms. The van der Waals surface area contributed by atoms with Gasteiger partial charge in [0.05, 0.1) is 6.42 Å². The maximum absolute atomic E-state index is 12.0. The van der Waals surface area contributed by atoms with Gasteiger partial charge in [-0.25, -0.2) is 9.97 Å². The Morgan fingerprint density at radius 2 is 1.96 bits per heavy atom. The van der Waals surface area contributed by atoms with Gasteiger partial charge in [0, 0.05) is 49.6 Å². The number of amides is 2. The third-order valence-corrected chi connectivity index (χ3v) is 4.52. The minimum atomic E-state index is 0.00149. The molecular weight excluding hydrogens is 320 g/mol. The van der Waals surface area contributed by atoms with Crippen LogP contribution in [-0.2, 0) is 20.7 Å². The molecule has 25 heavy (non-hydrogen) atoms. The van der Waals surface area contributed by atoms with Gasteiger partial charge in [-0.1, -0.05) is 6.92 Å². The van der Waals surface area contributed by atoms with Crippen molar-refractivity contribution < 1.29 is 14.3 Å². The number of carbonyl (C=O) groups excluding carboxylic acids is 2. The van der Waals surface area contributed by atoms with Crippen LogP contribution in [-0.4, -0.2) is 60.0 Å². The highest BCUT2D eigenvalue weighted by molar-refractivity contribution is 5.79. The van der Waals surface area contributed by atoms with Crippen molar-refractivity contribution in [2.75, 3.05) is 33.4 Å². The van der Waals surface area contributed by atoms with Crippen molar-refractivity contribution in [3.8, 4) is 0 Å². The second kappa shape index (κ2) is 8.89. The molecule has 1 aromatic heterocycles. The Morgan fingerprint density at radius 3 is 2.56 bits per heavy atom. The van der Waals surface area contributed by atoms with Gasteiger partial charge in [0.1, 0.15) is 12.4 Å². The molecule has 0 saturated carbocycles. The lowest BCUT2D eigenvalue weighted by atomic mass is 10.0. The summed E-state index contributed by atoms with van der Waals surface area (Å²) in [6.45, 7) is 7.98. The summed E-state index contributed by atoms with van der Waals surface area (Å²) in [7, 11) is 1.52. The molecule has 138 valence electrons. The molecule has 0 radical (unpaired) electrons. The molecule has 2 rings (SSSR count). The second-order valence-electron chi connectivity index (χ2n) is 6.52. The number of hydrogen-bond acceptors (Lipinski definition) is 5. The van der Waals surface area contributed by atoms with Crippen molar-refractivity contribution in [1.29, 1.82) is 0 Å². The van der Waals surface area contributed by atoms with E-state index in [4.69, 9.17) is 4.74 Å². The minimum Gasteiger partial charge on any atom is -0.375 e. The Labute approximate surface area is 149 Å². The van der Waals surface area contributed by atoms with Gasteiger partial charge in [0.15, 0.2) is 0 Å². The maximum Gasteiger partial charge on any atom is 0.248 e. The summed E-state index contributed by atoms with van der Waals surface area (Å²) in [4.78, 5) is 35.0. The zero-order valence-electron chi connectivity index (χ0n) is 15.6. The average molecular weight is 348 g/mol. The monoisotopic (exact) mass is 348 g/mol. The molecule has 1 saturated heterocycles. The fourth-order valence-electron chi connectivity index (χ4n) is 3.10. The Balaban J connectivity index is 2.07. The molecule has 0 aliphatic carbocycles. The van der Waals surface area contributed by atoms with Crippen molar-refractivity contribution in [3.63, 3.8) is 0 Å². The third-order valence-electron chi connectivity index (χ3n) is 4.52. The SMILES string of the molecule is CCCNC(=O)Cc1c(C)nc([C@H]2CCN(C(=O)COC)C2)nc1C. The van der Waals surface area contributed by atoms with E-state index in [-0.39, 0.29) is 24.3 Å². The number of methoxy groups -OCH3 is 1. The molecule has 1 atom stereocenters. The fraction of sp³-hybridized carbons (Fsp3) is 0.667. The van der Waals surface area contributed by atoms with E-state index in [0.717, 1.165) is 35.6 Å². The second-order valence-corrected chi connectivity index (χ2v) is 6.52. The normalized spacial score (nSPS) is 17.0. The maximum atomic E-state index is 12.0. The first-order valence-electron chi connectivity index (χ1n) is 8.83. The molecule has 2 heterocycles. The first kappa shape index (κ1) is 19.3. The van der Waals surface area contributed by atoms with Crippen molar-refractivity contribution >= 4 is 11.8 Å². The molecule has 1 aromatic rings. The summed E-state index contributed by atoms with van der Waals surface area (Å²) in [6, 6.07) is 0. The molecule has 7 heteroatoms. The van der Waals surface area contributed by atoms with E-state index >= 15 is 0 Å². The van der Waals surface area contributed by atoms with Crippen LogP contribution in [0.15, 0.2) is 0 Å². The van der Waals surface area contributed by atoms with Crippen LogP contribution in [0.25, 0.3) is 0 Å². The summed E-state index contributed by atoms with van der Waals surface area (Å²) in [5, 5.41) is 2.88. The highest BCUT2D eigenvalue weighted by atomic mass is 16.5. The predicted molar refractivity (Wildman–Crippen MR) is 94.3 cm³/mol. The first-order chi connectivity index (χ1) is 12.0. The minimum absolute atomic E-state index is 0.00149. The zero-order chi connectivity index (χ0) is 18.4. The fourth-order valence-corrected chi connectivity index (χ4v) is 3.10. The van der Waals surface area contributed by atoms with E-state index in [1.165, 1.54) is 7.11 Å². The average Bonchev–Trinajstić information content (AvgIpc) is 3.06. The Morgan fingerprint density at radius 1 is 1.28 bits per heavy atom. The van der Waals surface area contributed by atoms with Crippen LogP contribution in [0.3, 0.4) is 0 Å². The van der Waals surface area contributed by atoms with E-state index in [1.807, 2.05) is 20.8 Å². The van der Waals surface area contributed by atoms with Crippen LogP contribution in [0.5, 0.6) is 0 Å². The van der Waals surface area contributed by atoms with Gasteiger partial charge in [-0.3, -0.25) is 9.59 Å². The molecule has 2 amide bonds. The number of likely N-dealkylation sites (tertiary alicyclic amines) is 1. The van der Waals surface area contributed by atoms with Gasteiger partial charge in [-0.2, -0.15) is 0 Å². The number of aromatic nitrogens is 2. The molecule has 0 unspecified atom stereocenters. The van der Waals surface area contributed by atoms with Gasteiger partial charge < -0.3 is 15.0 Å². The van der Waals surface area contributed by atoms with Crippen LogP contribution in [0.2, 0.25) is 0 Å². The van der Waals surface area contributed by atoms with E-state index in [2.05, 4.69) is 15.3 Å². The molecule has 7 nitrogen and oxygen atoms in total. The summed E-state index contributed by atoms with van der Waals surface area (Å²) in [5.74, 6) is 0.908.